The molecule has 0 radical (unpaired) electrons. The average molecular weight is 399 g/mol. The van der Waals surface area contributed by atoms with E-state index in [0.29, 0.717) is 46.3 Å². The number of aromatic nitrogens is 2. The summed E-state index contributed by atoms with van der Waals surface area (Å²) in [5.41, 5.74) is 4.21. The normalized spacial score (nSPS) is 10.9. The number of nitro benzene ring substituents is 1. The summed E-state index contributed by atoms with van der Waals surface area (Å²) >= 11 is 0. The quantitative estimate of drug-likeness (QED) is 0.366. The molecule has 0 unspecified atom stereocenters. The summed E-state index contributed by atoms with van der Waals surface area (Å²) in [7, 11) is 1.52. The number of methoxy groups -OCH3 is 1. The first-order chi connectivity index (χ1) is 13.5. The van der Waals surface area contributed by atoms with Gasteiger partial charge in [-0.2, -0.15) is 5.10 Å². The topological polar surface area (TPSA) is 87.3 Å². The highest BCUT2D eigenvalue weighted by Crippen LogP contribution is 2.35. The molecule has 0 N–H and O–H groups in total. The number of nitrogens with zero attached hydrogens (tertiary/aromatic N) is 3. The van der Waals surface area contributed by atoms with Gasteiger partial charge in [-0.25, -0.2) is 4.68 Å². The first kappa shape index (κ1) is 22.3. The first-order valence-electron chi connectivity index (χ1n) is 9.59. The van der Waals surface area contributed by atoms with Crippen LogP contribution in [0.1, 0.15) is 67.4 Å². The second-order valence-corrected chi connectivity index (χ2v) is 7.89. The Labute approximate surface area is 171 Å². The van der Waals surface area contributed by atoms with Crippen molar-refractivity contribution in [2.75, 3.05) is 7.11 Å². The van der Waals surface area contributed by atoms with E-state index >= 15 is 0 Å². The fourth-order valence-corrected chi connectivity index (χ4v) is 3.45. The highest BCUT2D eigenvalue weighted by Gasteiger charge is 2.28. The standard InChI is InChI=1S/C22H29N3O4/c1-12(2)11-24-22(29-8)20(16(7)23-24)21(26)17-9-10-18(25(27)28)19(15(17)6)14(5)13(3)4/h9-10,12H,11H2,1-8H3. The number of ketones is 1. The highest BCUT2D eigenvalue weighted by molar-refractivity contribution is 6.12. The molecule has 156 valence electrons. The van der Waals surface area contributed by atoms with Crippen molar-refractivity contribution >= 4 is 17.0 Å². The molecule has 0 aliphatic heterocycles. The van der Waals surface area contributed by atoms with Gasteiger partial charge in [-0.3, -0.25) is 14.9 Å². The van der Waals surface area contributed by atoms with Gasteiger partial charge in [0.1, 0.15) is 5.56 Å². The predicted molar refractivity (Wildman–Crippen MR) is 114 cm³/mol. The Bertz CT molecular complexity index is 996. The second kappa shape index (κ2) is 8.59. The molecule has 2 aromatic rings. The molecular formula is C22H29N3O4. The fraction of sp³-hybridized carbons (Fsp3) is 0.455. The fourth-order valence-electron chi connectivity index (χ4n) is 3.45. The number of hydrogen-bond donors (Lipinski definition) is 0. The van der Waals surface area contributed by atoms with Crippen molar-refractivity contribution < 1.29 is 14.5 Å². The summed E-state index contributed by atoms with van der Waals surface area (Å²) in [6, 6.07) is 2.93. The van der Waals surface area contributed by atoms with Crippen LogP contribution in [0, 0.1) is 29.9 Å². The van der Waals surface area contributed by atoms with Crippen molar-refractivity contribution in [3.05, 3.63) is 55.8 Å². The van der Waals surface area contributed by atoms with Crippen molar-refractivity contribution in [1.29, 1.82) is 0 Å². The van der Waals surface area contributed by atoms with Crippen LogP contribution in [0.2, 0.25) is 0 Å². The number of carbonyl (C=O) groups excluding carboxylic acids is 1. The summed E-state index contributed by atoms with van der Waals surface area (Å²) in [5, 5.41) is 16.1. The van der Waals surface area contributed by atoms with Crippen LogP contribution >= 0.6 is 0 Å². The van der Waals surface area contributed by atoms with Gasteiger partial charge in [0.2, 0.25) is 11.7 Å². The molecule has 1 aromatic heterocycles. The number of carbonyl (C=O) groups is 1. The maximum Gasteiger partial charge on any atom is 0.277 e. The SMILES string of the molecule is COc1c(C(=O)c2ccc([N+](=O)[O-])c(C(C)=C(C)C)c2C)c(C)nn1CC(C)C. The van der Waals surface area contributed by atoms with E-state index < -0.39 is 4.92 Å². The third-order valence-electron chi connectivity index (χ3n) is 5.05. The molecule has 1 aromatic carbocycles. The lowest BCUT2D eigenvalue weighted by Crippen LogP contribution is -2.11. The number of ether oxygens (including phenoxy) is 1. The molecule has 7 heteroatoms. The van der Waals surface area contributed by atoms with Crippen LogP contribution in [0.5, 0.6) is 5.88 Å². The third kappa shape index (κ3) is 4.23. The lowest BCUT2D eigenvalue weighted by molar-refractivity contribution is -0.385. The number of allylic oxidation sites excluding steroid dienone is 2. The largest absolute Gasteiger partial charge is 0.481 e. The highest BCUT2D eigenvalue weighted by atomic mass is 16.6. The van der Waals surface area contributed by atoms with E-state index in [2.05, 4.69) is 18.9 Å². The van der Waals surface area contributed by atoms with Crippen molar-refractivity contribution in [3.8, 4) is 5.88 Å². The minimum atomic E-state index is -0.407. The minimum absolute atomic E-state index is 0.00283. The Kier molecular flexibility index (Phi) is 6.62. The van der Waals surface area contributed by atoms with E-state index in [9.17, 15) is 14.9 Å². The Morgan fingerprint density at radius 3 is 2.31 bits per heavy atom. The van der Waals surface area contributed by atoms with Crippen LogP contribution in [0.3, 0.4) is 0 Å². The number of hydrogen-bond acceptors (Lipinski definition) is 5. The van der Waals surface area contributed by atoms with Crippen molar-refractivity contribution in [3.63, 3.8) is 0 Å². The number of rotatable bonds is 7. The molecule has 29 heavy (non-hydrogen) atoms. The van der Waals surface area contributed by atoms with Gasteiger partial charge in [-0.05, 0) is 57.7 Å². The summed E-state index contributed by atoms with van der Waals surface area (Å²) < 4.78 is 7.23. The molecule has 0 amide bonds. The molecule has 7 nitrogen and oxygen atoms in total. The number of benzene rings is 1. The molecule has 0 saturated heterocycles. The second-order valence-electron chi connectivity index (χ2n) is 7.89. The predicted octanol–water partition coefficient (Wildman–Crippen LogP) is 5.12. The van der Waals surface area contributed by atoms with Crippen molar-refractivity contribution in [1.82, 2.24) is 9.78 Å². The summed E-state index contributed by atoms with van der Waals surface area (Å²) in [6.07, 6.45) is 0. The van der Waals surface area contributed by atoms with E-state index in [4.69, 9.17) is 4.74 Å². The zero-order valence-electron chi connectivity index (χ0n) is 18.4. The zero-order valence-corrected chi connectivity index (χ0v) is 18.4. The lowest BCUT2D eigenvalue weighted by atomic mass is 9.90. The van der Waals surface area contributed by atoms with E-state index in [1.54, 1.807) is 18.5 Å². The van der Waals surface area contributed by atoms with E-state index in [1.165, 1.54) is 19.2 Å². The van der Waals surface area contributed by atoms with Gasteiger partial charge in [0.25, 0.3) is 5.69 Å². The van der Waals surface area contributed by atoms with Crippen LogP contribution in [0.15, 0.2) is 17.7 Å². The molecule has 0 aliphatic rings. The molecule has 1 heterocycles. The van der Waals surface area contributed by atoms with Crippen LogP contribution < -0.4 is 4.74 Å². The Hall–Kier alpha value is -2.96. The van der Waals surface area contributed by atoms with Gasteiger partial charge in [0, 0.05) is 18.2 Å². The van der Waals surface area contributed by atoms with Crippen molar-refractivity contribution in [2.45, 2.75) is 55.0 Å². The van der Waals surface area contributed by atoms with Crippen LogP contribution in [-0.4, -0.2) is 27.6 Å². The lowest BCUT2D eigenvalue weighted by Gasteiger charge is -2.14. The Morgan fingerprint density at radius 1 is 1.21 bits per heavy atom. The molecule has 0 saturated carbocycles. The van der Waals surface area contributed by atoms with Gasteiger partial charge in [0.05, 0.1) is 23.3 Å². The monoisotopic (exact) mass is 399 g/mol. The maximum atomic E-state index is 13.5. The third-order valence-corrected chi connectivity index (χ3v) is 5.05. The smallest absolute Gasteiger partial charge is 0.277 e. The van der Waals surface area contributed by atoms with Gasteiger partial charge >= 0.3 is 0 Å². The van der Waals surface area contributed by atoms with Gasteiger partial charge < -0.3 is 4.74 Å². The number of nitro groups is 1. The Balaban J connectivity index is 2.73. The zero-order chi connectivity index (χ0) is 22.0. The van der Waals surface area contributed by atoms with Crippen LogP contribution in [0.4, 0.5) is 5.69 Å². The molecule has 0 atom stereocenters. The average Bonchev–Trinajstić information content (AvgIpc) is 2.94. The molecule has 0 aliphatic carbocycles. The summed E-state index contributed by atoms with van der Waals surface area (Å²) in [5.74, 6) is 0.503. The first-order valence-corrected chi connectivity index (χ1v) is 9.59. The summed E-state index contributed by atoms with van der Waals surface area (Å²) in [4.78, 5) is 24.6. The maximum absolute atomic E-state index is 13.5. The van der Waals surface area contributed by atoms with E-state index in [-0.39, 0.29) is 11.5 Å². The van der Waals surface area contributed by atoms with E-state index in [0.717, 1.165) is 11.1 Å². The molecule has 2 rings (SSSR count). The molecular weight excluding hydrogens is 370 g/mol. The van der Waals surface area contributed by atoms with Crippen LogP contribution in [0.25, 0.3) is 5.57 Å². The summed E-state index contributed by atoms with van der Waals surface area (Å²) in [6.45, 7) is 13.9. The molecule has 0 spiro atoms. The van der Waals surface area contributed by atoms with E-state index in [1.807, 2.05) is 20.8 Å². The van der Waals surface area contributed by atoms with Gasteiger partial charge in [-0.15, -0.1) is 0 Å². The Morgan fingerprint density at radius 2 is 1.83 bits per heavy atom. The molecule has 0 fully saturated rings. The number of aryl methyl sites for hydroxylation is 1. The molecule has 0 bridgehead atoms. The van der Waals surface area contributed by atoms with Gasteiger partial charge in [-0.1, -0.05) is 19.4 Å². The van der Waals surface area contributed by atoms with Crippen molar-refractivity contribution in [2.24, 2.45) is 5.92 Å². The van der Waals surface area contributed by atoms with Crippen LogP contribution in [-0.2, 0) is 6.54 Å². The minimum Gasteiger partial charge on any atom is -0.481 e. The van der Waals surface area contributed by atoms with Gasteiger partial charge in [0.15, 0.2) is 0 Å².